The third-order valence-electron chi connectivity index (χ3n) is 4.87. The van der Waals surface area contributed by atoms with Crippen LogP contribution in [0.25, 0.3) is 0 Å². The van der Waals surface area contributed by atoms with Crippen molar-refractivity contribution in [3.8, 4) is 11.5 Å². The third kappa shape index (κ3) is 7.26. The number of phenols is 1. The van der Waals surface area contributed by atoms with Crippen molar-refractivity contribution in [2.45, 2.75) is 46.5 Å². The van der Waals surface area contributed by atoms with Gasteiger partial charge in [-0.3, -0.25) is 25.0 Å². The third-order valence-corrected chi connectivity index (χ3v) is 4.87. The number of benzene rings is 2. The number of aromatic hydroxyl groups is 1. The van der Waals surface area contributed by atoms with Crippen molar-refractivity contribution in [3.63, 3.8) is 0 Å². The molecule has 0 spiro atoms. The van der Waals surface area contributed by atoms with Crippen LogP contribution in [0.15, 0.2) is 41.5 Å². The number of nitrogens with zero attached hydrogens (tertiary/aromatic N) is 3. The number of hydrazone groups is 1. The van der Waals surface area contributed by atoms with E-state index < -0.39 is 33.8 Å². The normalized spacial score (nSPS) is 11.9. The summed E-state index contributed by atoms with van der Waals surface area (Å²) >= 11 is 0. The summed E-state index contributed by atoms with van der Waals surface area (Å²) in [4.78, 5) is 33.0. The quantitative estimate of drug-likeness (QED) is 0.310. The van der Waals surface area contributed by atoms with Gasteiger partial charge in [0.1, 0.15) is 0 Å². The van der Waals surface area contributed by atoms with Gasteiger partial charge in [-0.25, -0.2) is 5.43 Å². The summed E-state index contributed by atoms with van der Waals surface area (Å²) in [7, 11) is 0. The Morgan fingerprint density at radius 2 is 1.71 bits per heavy atom. The van der Waals surface area contributed by atoms with Gasteiger partial charge in [0.15, 0.2) is 18.1 Å². The largest absolute Gasteiger partial charge is 0.502 e. The van der Waals surface area contributed by atoms with Crippen molar-refractivity contribution in [2.75, 3.05) is 6.61 Å². The number of nitro groups is 2. The predicted octanol–water partition coefficient (Wildman–Crippen LogP) is 4.45. The van der Waals surface area contributed by atoms with Gasteiger partial charge in [-0.15, -0.1) is 0 Å². The molecule has 0 aliphatic heterocycles. The van der Waals surface area contributed by atoms with Gasteiger partial charge in [0.05, 0.1) is 16.1 Å². The molecule has 0 heterocycles. The van der Waals surface area contributed by atoms with E-state index in [1.807, 2.05) is 13.8 Å². The summed E-state index contributed by atoms with van der Waals surface area (Å²) in [6, 6.07) is 8.27. The van der Waals surface area contributed by atoms with Crippen molar-refractivity contribution < 1.29 is 24.5 Å². The van der Waals surface area contributed by atoms with Crippen LogP contribution in [0.4, 0.5) is 11.4 Å². The molecule has 2 aromatic carbocycles. The molecule has 0 aromatic heterocycles. The standard InChI is InChI=1S/C23H28N4O7/c1-22(2,3)14-23(4,5)16-7-9-20(18(11-16)27(32)33)34-13-21(29)25-24-12-15-6-8-17(26(30)31)19(28)10-15/h6-12,28H,13-14H2,1-5H3,(H,25,29). The molecule has 0 radical (unpaired) electrons. The van der Waals surface area contributed by atoms with E-state index in [1.54, 1.807) is 6.07 Å². The van der Waals surface area contributed by atoms with Crippen molar-refractivity contribution in [1.29, 1.82) is 0 Å². The molecule has 1 amide bonds. The molecular formula is C23H28N4O7. The molecule has 182 valence electrons. The highest BCUT2D eigenvalue weighted by atomic mass is 16.6. The molecule has 0 bridgehead atoms. The SMILES string of the molecule is CC(C)(C)CC(C)(C)c1ccc(OCC(=O)NN=Cc2ccc([N+](=O)[O-])c(O)c2)c([N+](=O)[O-])c1. The molecule has 2 rings (SSSR count). The van der Waals surface area contributed by atoms with Gasteiger partial charge >= 0.3 is 11.4 Å². The van der Waals surface area contributed by atoms with Crippen LogP contribution in [0.2, 0.25) is 0 Å². The molecule has 0 saturated carbocycles. The number of phenolic OH excluding ortho intramolecular Hbond substituents is 1. The first-order chi connectivity index (χ1) is 15.7. The highest BCUT2D eigenvalue weighted by Crippen LogP contribution is 2.39. The zero-order chi connectivity index (χ0) is 25.7. The van der Waals surface area contributed by atoms with Crippen LogP contribution in [0.3, 0.4) is 0 Å². The minimum absolute atomic E-state index is 0.0271. The molecule has 0 aliphatic carbocycles. The highest BCUT2D eigenvalue weighted by Gasteiger charge is 2.30. The van der Waals surface area contributed by atoms with E-state index in [4.69, 9.17) is 4.74 Å². The van der Waals surface area contributed by atoms with E-state index in [0.29, 0.717) is 5.56 Å². The molecule has 11 heteroatoms. The molecule has 11 nitrogen and oxygen atoms in total. The summed E-state index contributed by atoms with van der Waals surface area (Å²) < 4.78 is 5.35. The Balaban J connectivity index is 2.05. The monoisotopic (exact) mass is 472 g/mol. The van der Waals surface area contributed by atoms with Gasteiger partial charge in [0.2, 0.25) is 0 Å². The second-order valence-corrected chi connectivity index (χ2v) is 9.65. The minimum atomic E-state index is -0.729. The number of nitro benzene ring substituents is 2. The fourth-order valence-corrected chi connectivity index (χ4v) is 3.76. The van der Waals surface area contributed by atoms with Crippen LogP contribution in [0, 0.1) is 25.6 Å². The lowest BCUT2D eigenvalue weighted by Gasteiger charge is -2.33. The molecule has 0 fully saturated rings. The van der Waals surface area contributed by atoms with Crippen molar-refractivity contribution in [3.05, 3.63) is 67.8 Å². The lowest BCUT2D eigenvalue weighted by atomic mass is 9.72. The molecule has 0 aliphatic rings. The van der Waals surface area contributed by atoms with E-state index in [1.165, 1.54) is 24.4 Å². The summed E-state index contributed by atoms with van der Waals surface area (Å²) in [5, 5.41) is 35.6. The van der Waals surface area contributed by atoms with E-state index in [-0.39, 0.29) is 22.3 Å². The first-order valence-corrected chi connectivity index (χ1v) is 10.4. The summed E-state index contributed by atoms with van der Waals surface area (Å²) in [5.41, 5.74) is 2.32. The first kappa shape index (κ1) is 26.2. The maximum atomic E-state index is 12.0. The van der Waals surface area contributed by atoms with Crippen molar-refractivity contribution >= 4 is 23.5 Å². The van der Waals surface area contributed by atoms with Gasteiger partial charge in [-0.2, -0.15) is 5.10 Å². The smallest absolute Gasteiger partial charge is 0.311 e. The van der Waals surface area contributed by atoms with Crippen LogP contribution < -0.4 is 10.2 Å². The van der Waals surface area contributed by atoms with Crippen LogP contribution in [0.1, 0.15) is 52.2 Å². The van der Waals surface area contributed by atoms with E-state index >= 15 is 0 Å². The van der Waals surface area contributed by atoms with Gasteiger partial charge in [0, 0.05) is 12.1 Å². The number of hydrogen-bond donors (Lipinski definition) is 2. The number of ether oxygens (including phenoxy) is 1. The number of carbonyl (C=O) groups is 1. The zero-order valence-electron chi connectivity index (χ0n) is 19.7. The topological polar surface area (TPSA) is 157 Å². The summed E-state index contributed by atoms with van der Waals surface area (Å²) in [5.74, 6) is -1.25. The fraction of sp³-hybridized carbons (Fsp3) is 0.391. The lowest BCUT2D eigenvalue weighted by molar-refractivity contribution is -0.386. The zero-order valence-corrected chi connectivity index (χ0v) is 19.7. The molecule has 2 N–H and O–H groups in total. The second-order valence-electron chi connectivity index (χ2n) is 9.65. The lowest BCUT2D eigenvalue weighted by Crippen LogP contribution is -2.26. The molecular weight excluding hydrogens is 444 g/mol. The molecule has 2 aromatic rings. The Morgan fingerprint density at radius 3 is 2.26 bits per heavy atom. The van der Waals surface area contributed by atoms with E-state index in [2.05, 4.69) is 31.3 Å². The molecule has 34 heavy (non-hydrogen) atoms. The number of rotatable bonds is 9. The Kier molecular flexibility index (Phi) is 7.93. The molecule has 0 saturated heterocycles. The number of carbonyl (C=O) groups excluding carboxylic acids is 1. The second kappa shape index (κ2) is 10.3. The van der Waals surface area contributed by atoms with Crippen LogP contribution >= 0.6 is 0 Å². The van der Waals surface area contributed by atoms with Gasteiger partial charge in [-0.1, -0.05) is 40.7 Å². The number of hydrogen-bond acceptors (Lipinski definition) is 8. The predicted molar refractivity (Wildman–Crippen MR) is 126 cm³/mol. The van der Waals surface area contributed by atoms with E-state index in [0.717, 1.165) is 24.1 Å². The molecule has 0 atom stereocenters. The fourth-order valence-electron chi connectivity index (χ4n) is 3.76. The summed E-state index contributed by atoms with van der Waals surface area (Å²) in [6.07, 6.45) is 1.99. The average Bonchev–Trinajstić information content (AvgIpc) is 2.70. The van der Waals surface area contributed by atoms with Gasteiger partial charge < -0.3 is 9.84 Å². The molecule has 0 unspecified atom stereocenters. The highest BCUT2D eigenvalue weighted by molar-refractivity contribution is 5.84. The van der Waals surface area contributed by atoms with E-state index in [9.17, 15) is 30.1 Å². The maximum Gasteiger partial charge on any atom is 0.311 e. The Bertz CT molecular complexity index is 1120. The van der Waals surface area contributed by atoms with Crippen molar-refractivity contribution in [2.24, 2.45) is 10.5 Å². The Labute approximate surface area is 196 Å². The van der Waals surface area contributed by atoms with Gasteiger partial charge in [-0.05, 0) is 46.6 Å². The van der Waals surface area contributed by atoms with Crippen molar-refractivity contribution in [1.82, 2.24) is 5.43 Å². The number of amides is 1. The van der Waals surface area contributed by atoms with Crippen LogP contribution in [0.5, 0.6) is 11.5 Å². The minimum Gasteiger partial charge on any atom is -0.502 e. The first-order valence-electron chi connectivity index (χ1n) is 10.4. The van der Waals surface area contributed by atoms with Crippen LogP contribution in [-0.4, -0.2) is 33.7 Å². The van der Waals surface area contributed by atoms with Gasteiger partial charge in [0.25, 0.3) is 5.91 Å². The average molecular weight is 472 g/mol. The van der Waals surface area contributed by atoms with Crippen LogP contribution in [-0.2, 0) is 10.2 Å². The number of nitrogens with one attached hydrogen (secondary N) is 1. The summed E-state index contributed by atoms with van der Waals surface area (Å²) in [6.45, 7) is 9.83. The Morgan fingerprint density at radius 1 is 1.06 bits per heavy atom. The Hall–Kier alpha value is -4.02. The maximum absolute atomic E-state index is 12.0.